The molecule has 1 heterocycles. The van der Waals surface area contributed by atoms with Crippen molar-refractivity contribution in [2.75, 3.05) is 13.1 Å². The third kappa shape index (κ3) is 3.25. The van der Waals surface area contributed by atoms with Crippen LogP contribution in [0.4, 0.5) is 0 Å². The van der Waals surface area contributed by atoms with E-state index in [-0.39, 0.29) is 36.2 Å². The summed E-state index contributed by atoms with van der Waals surface area (Å²) in [7, 11) is 0. The molecule has 1 aromatic carbocycles. The number of carboxylic acid groups (broad SMARTS) is 1. The zero-order chi connectivity index (χ0) is 15.6. The summed E-state index contributed by atoms with van der Waals surface area (Å²) in [6, 6.07) is 3.11. The standard InChI is InChI=1S/C14H18N2O5/c15-6-9-5-13(19)16(7-9)10(14(20)21)3-8-1-2-11(17)12(18)4-8/h1-2,4,9-10,17-18H,3,5-7,15H2,(H,20,21). The Balaban J connectivity index is 2.18. The van der Waals surface area contributed by atoms with Gasteiger partial charge in [0.1, 0.15) is 6.04 Å². The maximum Gasteiger partial charge on any atom is 0.326 e. The fourth-order valence-electron chi connectivity index (χ4n) is 2.52. The number of benzene rings is 1. The maximum atomic E-state index is 11.9. The molecule has 0 radical (unpaired) electrons. The second-order valence-electron chi connectivity index (χ2n) is 5.23. The number of phenolic OH excluding ortho intramolecular Hbond substituents is 2. The highest BCUT2D eigenvalue weighted by Crippen LogP contribution is 2.27. The summed E-state index contributed by atoms with van der Waals surface area (Å²) in [5, 5.41) is 28.1. The van der Waals surface area contributed by atoms with Gasteiger partial charge in [-0.05, 0) is 30.2 Å². The minimum Gasteiger partial charge on any atom is -0.504 e. The zero-order valence-corrected chi connectivity index (χ0v) is 11.4. The van der Waals surface area contributed by atoms with Gasteiger partial charge in [0.05, 0.1) is 0 Å². The molecule has 7 heteroatoms. The number of phenols is 2. The van der Waals surface area contributed by atoms with Crippen LogP contribution in [0.2, 0.25) is 0 Å². The van der Waals surface area contributed by atoms with Crippen molar-refractivity contribution in [2.24, 2.45) is 11.7 Å². The lowest BCUT2D eigenvalue weighted by atomic mass is 10.0. The van der Waals surface area contributed by atoms with Gasteiger partial charge in [0.25, 0.3) is 0 Å². The molecule has 7 nitrogen and oxygen atoms in total. The topological polar surface area (TPSA) is 124 Å². The number of aliphatic carboxylic acids is 1. The number of carbonyl (C=O) groups is 2. The molecule has 0 saturated carbocycles. The molecule has 0 bridgehead atoms. The second kappa shape index (κ2) is 6.01. The number of nitrogens with zero attached hydrogens (tertiary/aromatic N) is 1. The quantitative estimate of drug-likeness (QED) is 0.562. The van der Waals surface area contributed by atoms with Crippen molar-refractivity contribution in [1.29, 1.82) is 0 Å². The van der Waals surface area contributed by atoms with Crippen LogP contribution in [0.15, 0.2) is 18.2 Å². The molecule has 21 heavy (non-hydrogen) atoms. The van der Waals surface area contributed by atoms with Gasteiger partial charge in [-0.2, -0.15) is 0 Å². The van der Waals surface area contributed by atoms with Gasteiger partial charge in [-0.3, -0.25) is 4.79 Å². The van der Waals surface area contributed by atoms with Gasteiger partial charge < -0.3 is 26.0 Å². The highest BCUT2D eigenvalue weighted by molar-refractivity contribution is 5.85. The van der Waals surface area contributed by atoms with E-state index in [1.54, 1.807) is 0 Å². The van der Waals surface area contributed by atoms with Crippen LogP contribution in [0, 0.1) is 5.92 Å². The van der Waals surface area contributed by atoms with Crippen LogP contribution in [0.3, 0.4) is 0 Å². The van der Waals surface area contributed by atoms with E-state index in [4.69, 9.17) is 5.73 Å². The molecule has 1 saturated heterocycles. The van der Waals surface area contributed by atoms with E-state index in [0.29, 0.717) is 18.7 Å². The first kappa shape index (κ1) is 15.1. The van der Waals surface area contributed by atoms with Gasteiger partial charge in [-0.1, -0.05) is 6.07 Å². The lowest BCUT2D eigenvalue weighted by Gasteiger charge is -2.25. The van der Waals surface area contributed by atoms with Gasteiger partial charge in [-0.25, -0.2) is 4.79 Å². The molecule has 0 aromatic heterocycles. The Hall–Kier alpha value is -2.28. The van der Waals surface area contributed by atoms with E-state index < -0.39 is 12.0 Å². The monoisotopic (exact) mass is 294 g/mol. The van der Waals surface area contributed by atoms with Crippen LogP contribution in [0.25, 0.3) is 0 Å². The summed E-state index contributed by atoms with van der Waals surface area (Å²) >= 11 is 0. The molecule has 114 valence electrons. The summed E-state index contributed by atoms with van der Waals surface area (Å²) in [6.45, 7) is 0.672. The molecule has 2 atom stereocenters. The molecular formula is C14H18N2O5. The Labute approximate surface area is 121 Å². The predicted octanol–water partition coefficient (Wildman–Crippen LogP) is -0.0993. The van der Waals surface area contributed by atoms with Crippen molar-refractivity contribution in [2.45, 2.75) is 18.9 Å². The Morgan fingerprint density at radius 2 is 2.10 bits per heavy atom. The number of hydrogen-bond acceptors (Lipinski definition) is 5. The van der Waals surface area contributed by atoms with E-state index in [1.807, 2.05) is 0 Å². The van der Waals surface area contributed by atoms with Gasteiger partial charge in [0.15, 0.2) is 11.5 Å². The van der Waals surface area contributed by atoms with Crippen molar-refractivity contribution in [3.63, 3.8) is 0 Å². The summed E-state index contributed by atoms with van der Waals surface area (Å²) < 4.78 is 0. The van der Waals surface area contributed by atoms with Crippen molar-refractivity contribution < 1.29 is 24.9 Å². The van der Waals surface area contributed by atoms with Crippen LogP contribution in [0.5, 0.6) is 11.5 Å². The first-order valence-corrected chi connectivity index (χ1v) is 6.65. The summed E-state index contributed by atoms with van der Waals surface area (Å²) in [6.07, 6.45) is 0.327. The molecule has 1 aliphatic rings. The highest BCUT2D eigenvalue weighted by Gasteiger charge is 2.37. The van der Waals surface area contributed by atoms with Crippen molar-refractivity contribution in [1.82, 2.24) is 4.90 Å². The first-order chi connectivity index (χ1) is 9.92. The number of rotatable bonds is 5. The van der Waals surface area contributed by atoms with Gasteiger partial charge >= 0.3 is 5.97 Å². The van der Waals surface area contributed by atoms with E-state index >= 15 is 0 Å². The smallest absolute Gasteiger partial charge is 0.326 e. The molecule has 2 unspecified atom stereocenters. The molecule has 0 aliphatic carbocycles. The molecule has 1 fully saturated rings. The lowest BCUT2D eigenvalue weighted by Crippen LogP contribution is -2.44. The van der Waals surface area contributed by atoms with Gasteiger partial charge in [-0.15, -0.1) is 0 Å². The average molecular weight is 294 g/mol. The predicted molar refractivity (Wildman–Crippen MR) is 73.8 cm³/mol. The Morgan fingerprint density at radius 1 is 1.38 bits per heavy atom. The molecule has 1 amide bonds. The van der Waals surface area contributed by atoms with E-state index in [2.05, 4.69) is 0 Å². The number of amides is 1. The molecule has 1 aliphatic heterocycles. The number of likely N-dealkylation sites (tertiary alicyclic amines) is 1. The molecule has 0 spiro atoms. The van der Waals surface area contributed by atoms with Crippen LogP contribution >= 0.6 is 0 Å². The first-order valence-electron chi connectivity index (χ1n) is 6.65. The van der Waals surface area contributed by atoms with Crippen LogP contribution in [0.1, 0.15) is 12.0 Å². The van der Waals surface area contributed by atoms with Crippen molar-refractivity contribution in [3.05, 3.63) is 23.8 Å². The fourth-order valence-corrected chi connectivity index (χ4v) is 2.52. The lowest BCUT2D eigenvalue weighted by molar-refractivity contribution is -0.148. The second-order valence-corrected chi connectivity index (χ2v) is 5.23. The van der Waals surface area contributed by atoms with Crippen molar-refractivity contribution >= 4 is 11.9 Å². The normalized spacial score (nSPS) is 19.8. The molecule has 5 N–H and O–H groups in total. The molecular weight excluding hydrogens is 276 g/mol. The summed E-state index contributed by atoms with van der Waals surface area (Å²) in [5.41, 5.74) is 6.07. The van der Waals surface area contributed by atoms with Crippen LogP contribution in [-0.4, -0.2) is 51.2 Å². The summed E-state index contributed by atoms with van der Waals surface area (Å²) in [4.78, 5) is 24.7. The molecule has 2 rings (SSSR count). The summed E-state index contributed by atoms with van der Waals surface area (Å²) in [5.74, 6) is -1.93. The minimum absolute atomic E-state index is 0.0208. The zero-order valence-electron chi connectivity index (χ0n) is 11.4. The fraction of sp³-hybridized carbons (Fsp3) is 0.429. The maximum absolute atomic E-state index is 11.9. The average Bonchev–Trinajstić information content (AvgIpc) is 2.80. The Kier molecular flexibility index (Phi) is 4.32. The largest absolute Gasteiger partial charge is 0.504 e. The highest BCUT2D eigenvalue weighted by atomic mass is 16.4. The SMILES string of the molecule is NCC1CC(=O)N(C(Cc2ccc(O)c(O)c2)C(=O)O)C1. The van der Waals surface area contributed by atoms with Crippen LogP contribution < -0.4 is 5.73 Å². The molecule has 1 aromatic rings. The number of nitrogens with two attached hydrogens (primary N) is 1. The van der Waals surface area contributed by atoms with Gasteiger partial charge in [0.2, 0.25) is 5.91 Å². The van der Waals surface area contributed by atoms with Gasteiger partial charge in [0, 0.05) is 19.4 Å². The third-order valence-corrected chi connectivity index (χ3v) is 3.70. The Bertz CT molecular complexity index is 560. The number of aromatic hydroxyl groups is 2. The van der Waals surface area contributed by atoms with E-state index in [9.17, 15) is 24.9 Å². The van der Waals surface area contributed by atoms with E-state index in [1.165, 1.54) is 23.1 Å². The van der Waals surface area contributed by atoms with Crippen molar-refractivity contribution in [3.8, 4) is 11.5 Å². The number of hydrogen-bond donors (Lipinski definition) is 4. The minimum atomic E-state index is -1.10. The third-order valence-electron chi connectivity index (χ3n) is 3.70. The van der Waals surface area contributed by atoms with Crippen LogP contribution in [-0.2, 0) is 16.0 Å². The van der Waals surface area contributed by atoms with E-state index in [0.717, 1.165) is 0 Å². The number of carboxylic acids is 1. The number of carbonyl (C=O) groups excluding carboxylic acids is 1. The Morgan fingerprint density at radius 3 is 2.62 bits per heavy atom.